The lowest BCUT2D eigenvalue weighted by molar-refractivity contribution is -0.0911. The lowest BCUT2D eigenvalue weighted by Crippen LogP contribution is -2.68. The third-order valence-corrected chi connectivity index (χ3v) is 27.7. The van der Waals surface area contributed by atoms with Crippen molar-refractivity contribution in [2.75, 3.05) is 40.8 Å². The summed E-state index contributed by atoms with van der Waals surface area (Å²) in [6.07, 6.45) is 8.48. The summed E-state index contributed by atoms with van der Waals surface area (Å²) in [4.78, 5) is 48.5. The molecule has 12 aliphatic rings. The van der Waals surface area contributed by atoms with Crippen LogP contribution in [0.3, 0.4) is 0 Å². The fourth-order valence-corrected chi connectivity index (χ4v) is 23.4. The number of aryl methyl sites for hydroxylation is 4. The van der Waals surface area contributed by atoms with Crippen molar-refractivity contribution in [3.05, 3.63) is 210 Å². The van der Waals surface area contributed by atoms with Crippen LogP contribution in [0.1, 0.15) is 210 Å². The van der Waals surface area contributed by atoms with E-state index in [1.54, 1.807) is 0 Å². The molecule has 9 aromatic rings. The number of carbonyl (C=O) groups excluding carboxylic acids is 1. The molecule has 9 heterocycles. The number of rotatable bonds is 2. The van der Waals surface area contributed by atoms with E-state index >= 15 is 0 Å². The lowest BCUT2D eigenvalue weighted by Gasteiger charge is -2.64. The van der Waals surface area contributed by atoms with Gasteiger partial charge in [0.25, 0.3) is 5.24 Å². The molecule has 3 fully saturated rings. The molecular formula is C87H97ClN6O6. The number of halogens is 1. The number of piperidine rings is 3. The minimum Gasteiger partial charge on any atom is -0.483 e. The van der Waals surface area contributed by atoms with Crippen LogP contribution in [-0.4, -0.2) is 105 Å². The van der Waals surface area contributed by atoms with Gasteiger partial charge in [-0.3, -0.25) is 4.79 Å². The Hall–Kier alpha value is -7.74. The molecule has 0 amide bonds. The Morgan fingerprint density at radius 2 is 0.760 bits per heavy atom. The summed E-state index contributed by atoms with van der Waals surface area (Å²) >= 11 is 6.25. The number of hydrogen-bond donors (Lipinski definition) is 1. The van der Waals surface area contributed by atoms with Crippen molar-refractivity contribution in [1.29, 1.82) is 0 Å². The van der Waals surface area contributed by atoms with E-state index in [1.807, 2.05) is 90.1 Å². The van der Waals surface area contributed by atoms with Crippen molar-refractivity contribution in [3.8, 4) is 17.2 Å². The number of pyridine rings is 3. The summed E-state index contributed by atoms with van der Waals surface area (Å²) in [5.74, 6) is 2.35. The number of para-hydroxylation sites is 3. The normalized spacial score (nSPS) is 30.4. The van der Waals surface area contributed by atoms with Crippen LogP contribution in [0.2, 0.25) is 0 Å². The van der Waals surface area contributed by atoms with Gasteiger partial charge in [-0.2, -0.15) is 0 Å². The van der Waals surface area contributed by atoms with Crippen LogP contribution in [0, 0.1) is 43.9 Å². The summed E-state index contributed by atoms with van der Waals surface area (Å²) in [7, 11) is 6.80. The van der Waals surface area contributed by atoms with Crippen LogP contribution in [0.4, 0.5) is 0 Å². The predicted molar refractivity (Wildman–Crippen MR) is 399 cm³/mol. The van der Waals surface area contributed by atoms with Gasteiger partial charge in [0.05, 0.1) is 55.4 Å². The number of ether oxygens (including phenoxy) is 3. The number of carboxylic acid groups (broad SMARTS) is 1. The van der Waals surface area contributed by atoms with Gasteiger partial charge in [-0.05, 0) is 212 Å². The van der Waals surface area contributed by atoms with E-state index in [0.29, 0.717) is 35.7 Å². The number of nitrogens with zero attached hydrogens (tertiary/aromatic N) is 6. The highest BCUT2D eigenvalue weighted by Gasteiger charge is 2.74. The highest BCUT2D eigenvalue weighted by Crippen LogP contribution is 2.75. The number of carboxylic acids is 1. The standard InChI is InChI=1S/C27H25ClN2O2.C27H26N2O3.C27H28N2O.3C2H6/c1-14-8-9-15-12-19-26(2)13-17-20(25(28)31)16-6-4-5-7-18(16)29-22(17)24-27(26,10-11-30(19)3)21(15)23(14)32-24;1-14-8-9-15-12-19-26(2)13-17-20(25(30)31)16-6-4-5-7-18(16)28-22(17)24-27(26,10-11-29(19)3)21(15)23(14)32-24;1-15-9-10-17-13-21-26(3)14-19-16(2)18-7-5-6-8-20(18)28-23(19)25-27(26,11-12-29(21)4)22(17)24(15)30-25;3*1-2/h4-9,19,24H,10-13H2,1-3H3;4-9,19,24H,10-13H2,1-3H3,(H,30,31);5-10,21,25H,11-14H2,1-4H3;3*1-2H3/t2*19-,24?,26+,27+;21-,25+,26+,27+;;;/m111.../s1. The fraction of sp³-hybridized carbons (Fsp3) is 0.460. The third-order valence-electron chi connectivity index (χ3n) is 27.5. The summed E-state index contributed by atoms with van der Waals surface area (Å²) < 4.78 is 20.7. The zero-order valence-electron chi connectivity index (χ0n) is 61.4. The highest BCUT2D eigenvalue weighted by molar-refractivity contribution is 6.68. The van der Waals surface area contributed by atoms with Gasteiger partial charge in [0.2, 0.25) is 0 Å². The monoisotopic (exact) mass is 1360 g/mol. The van der Waals surface area contributed by atoms with Crippen LogP contribution in [0.15, 0.2) is 109 Å². The predicted octanol–water partition coefficient (Wildman–Crippen LogP) is 17.7. The molecular weight excluding hydrogens is 1260 g/mol. The van der Waals surface area contributed by atoms with E-state index in [4.69, 9.17) is 40.8 Å². The first-order valence-corrected chi connectivity index (χ1v) is 37.7. The molecule has 2 unspecified atom stereocenters. The van der Waals surface area contributed by atoms with Gasteiger partial charge in [0, 0.05) is 72.8 Å². The van der Waals surface area contributed by atoms with Crippen molar-refractivity contribution in [2.45, 2.75) is 200 Å². The molecule has 13 heteroatoms. The fourth-order valence-electron chi connectivity index (χ4n) is 23.2. The largest absolute Gasteiger partial charge is 0.483 e. The zero-order chi connectivity index (χ0) is 70.4. The number of likely N-dealkylation sites (N-methyl/N-ethyl adjacent to an activating group) is 3. The van der Waals surface area contributed by atoms with Crippen LogP contribution >= 0.6 is 11.6 Å². The van der Waals surface area contributed by atoms with Crippen molar-refractivity contribution in [1.82, 2.24) is 29.7 Å². The average Bonchev–Trinajstić information content (AvgIpc) is 1.42. The first-order valence-electron chi connectivity index (χ1n) is 37.3. The second-order valence-corrected chi connectivity index (χ2v) is 31.6. The number of fused-ring (bicyclic) bond motifs is 9. The Bertz CT molecular complexity index is 4760. The van der Waals surface area contributed by atoms with Crippen LogP contribution in [-0.2, 0) is 54.8 Å². The molecule has 518 valence electrons. The molecule has 12 nitrogen and oxygen atoms in total. The number of aromatic carboxylic acids is 1. The van der Waals surface area contributed by atoms with E-state index in [-0.39, 0.29) is 50.8 Å². The SMILES string of the molecule is CC.CC.CC.Cc1ccc2c3c1OC1c4nc5ccccc5c(C(=O)Cl)c4C[C@@]4(C)[C@@H](C2)N(C)CC[C@]314.Cc1ccc2c3c1OC1c4nc5ccccc5c(C(=O)O)c4C[C@@]4(C)[C@@H](C2)N(C)CC[C@]314.Cc1ccc2c3c1O[C@H]1c4nc5ccccc5c(C)c4C[C@@]4(C)[C@@H](C2)N(C)CC[C@]314. The maximum atomic E-state index is 12.8. The second-order valence-electron chi connectivity index (χ2n) is 31.2. The Balaban J connectivity index is 0.000000112. The van der Waals surface area contributed by atoms with Crippen molar-refractivity contribution in [2.24, 2.45) is 16.2 Å². The molecule has 100 heavy (non-hydrogen) atoms. The van der Waals surface area contributed by atoms with Gasteiger partial charge in [-0.25, -0.2) is 19.7 Å². The number of carbonyl (C=O) groups is 2. The zero-order valence-corrected chi connectivity index (χ0v) is 62.1. The summed E-state index contributed by atoms with van der Waals surface area (Å²) in [6, 6.07) is 39.0. The Morgan fingerprint density at radius 1 is 0.450 bits per heavy atom. The van der Waals surface area contributed by atoms with Crippen LogP contribution in [0.5, 0.6) is 17.2 Å². The molecule has 3 spiro atoms. The Morgan fingerprint density at radius 3 is 1.12 bits per heavy atom. The molecule has 6 aromatic carbocycles. The minimum atomic E-state index is -0.874. The second kappa shape index (κ2) is 23.4. The quantitative estimate of drug-likeness (QED) is 0.165. The maximum absolute atomic E-state index is 12.8. The molecule has 0 radical (unpaired) electrons. The number of likely N-dealkylation sites (tertiary alicyclic amines) is 3. The maximum Gasteiger partial charge on any atom is 0.336 e. The molecule has 12 atom stereocenters. The Labute approximate surface area is 595 Å². The van der Waals surface area contributed by atoms with E-state index < -0.39 is 11.2 Å². The highest BCUT2D eigenvalue weighted by atomic mass is 35.5. The van der Waals surface area contributed by atoms with Gasteiger partial charge in [-0.1, -0.05) is 153 Å². The van der Waals surface area contributed by atoms with E-state index in [9.17, 15) is 14.7 Å². The topological polar surface area (TPSA) is 130 Å². The van der Waals surface area contributed by atoms with Gasteiger partial charge >= 0.3 is 5.97 Å². The molecule has 1 N–H and O–H groups in total. The summed E-state index contributed by atoms with van der Waals surface area (Å²) in [5.41, 5.74) is 23.3. The van der Waals surface area contributed by atoms with Gasteiger partial charge in [0.1, 0.15) is 17.2 Å². The van der Waals surface area contributed by atoms with Gasteiger partial charge in [0.15, 0.2) is 18.3 Å². The van der Waals surface area contributed by atoms with Crippen molar-refractivity contribution < 1.29 is 28.9 Å². The number of hydrogen-bond acceptors (Lipinski definition) is 11. The molecule has 6 aliphatic heterocycles. The summed E-state index contributed by atoms with van der Waals surface area (Å²) in [6.45, 7) is 31.3. The van der Waals surface area contributed by atoms with E-state index in [0.717, 1.165) is 144 Å². The summed E-state index contributed by atoms with van der Waals surface area (Å²) in [5, 5.41) is 12.8. The molecule has 3 saturated heterocycles. The smallest absolute Gasteiger partial charge is 0.336 e. The van der Waals surface area contributed by atoms with Gasteiger partial charge in [-0.15, -0.1) is 0 Å². The van der Waals surface area contributed by atoms with Crippen molar-refractivity contribution in [3.63, 3.8) is 0 Å². The average molecular weight is 1360 g/mol. The van der Waals surface area contributed by atoms with Gasteiger partial charge < -0.3 is 34.0 Å². The molecule has 21 rings (SSSR count). The first-order chi connectivity index (χ1) is 48.2. The first kappa shape index (κ1) is 66.8. The van der Waals surface area contributed by atoms with E-state index in [2.05, 4.69) is 145 Å². The molecule has 0 saturated carbocycles. The number of aromatic nitrogens is 3. The third kappa shape index (κ3) is 8.31. The lowest BCUT2D eigenvalue weighted by atomic mass is 9.44. The van der Waals surface area contributed by atoms with E-state index in [1.165, 1.54) is 66.7 Å². The molecule has 3 aromatic heterocycles. The van der Waals surface area contributed by atoms with Crippen LogP contribution in [0.25, 0.3) is 32.7 Å². The minimum absolute atomic E-state index is 0.0286. The Kier molecular flexibility index (Phi) is 15.6. The molecule has 6 bridgehead atoms. The number of benzene rings is 6. The van der Waals surface area contributed by atoms with Crippen LogP contribution < -0.4 is 14.2 Å². The van der Waals surface area contributed by atoms with Crippen molar-refractivity contribution >= 4 is 55.5 Å². The molecule has 6 aliphatic carbocycles.